The third-order valence-electron chi connectivity index (χ3n) is 3.03. The Bertz CT molecular complexity index is 396. The van der Waals surface area contributed by atoms with Crippen LogP contribution in [0.3, 0.4) is 0 Å². The standard InChI is InChI=1S/C13H16ClN/c1-9-6-7-11(8-12(9)14)13(15)10-4-2-3-5-10/h4,6-8,13H,2-3,5,15H2,1H3. The van der Waals surface area contributed by atoms with Gasteiger partial charge in [0.25, 0.3) is 0 Å². The van der Waals surface area contributed by atoms with Crippen LogP contribution in [0.5, 0.6) is 0 Å². The maximum Gasteiger partial charge on any atom is 0.0511 e. The molecule has 0 aromatic heterocycles. The van der Waals surface area contributed by atoms with E-state index in [2.05, 4.69) is 12.1 Å². The predicted octanol–water partition coefficient (Wildman–Crippen LogP) is 3.76. The van der Waals surface area contributed by atoms with Gasteiger partial charge in [-0.15, -0.1) is 0 Å². The first-order chi connectivity index (χ1) is 7.18. The van der Waals surface area contributed by atoms with Gasteiger partial charge in [0.05, 0.1) is 6.04 Å². The number of nitrogens with two attached hydrogens (primary N) is 1. The SMILES string of the molecule is Cc1ccc(C(N)C2=CCCC2)cc1Cl. The lowest BCUT2D eigenvalue weighted by atomic mass is 9.98. The second kappa shape index (κ2) is 4.38. The molecule has 0 bridgehead atoms. The van der Waals surface area contributed by atoms with E-state index in [0.717, 1.165) is 22.6 Å². The molecular formula is C13H16ClN. The summed E-state index contributed by atoms with van der Waals surface area (Å²) in [5, 5.41) is 0.807. The fraction of sp³-hybridized carbons (Fsp3) is 0.385. The van der Waals surface area contributed by atoms with Crippen molar-refractivity contribution in [2.24, 2.45) is 5.73 Å². The van der Waals surface area contributed by atoms with Crippen molar-refractivity contribution >= 4 is 11.6 Å². The summed E-state index contributed by atoms with van der Waals surface area (Å²) in [6.07, 6.45) is 5.80. The molecule has 0 saturated carbocycles. The van der Waals surface area contributed by atoms with Crippen molar-refractivity contribution < 1.29 is 0 Å². The molecule has 0 saturated heterocycles. The number of aryl methyl sites for hydroxylation is 1. The number of rotatable bonds is 2. The monoisotopic (exact) mass is 221 g/mol. The first kappa shape index (κ1) is 10.7. The van der Waals surface area contributed by atoms with E-state index in [4.69, 9.17) is 17.3 Å². The Morgan fingerprint density at radius 2 is 2.20 bits per heavy atom. The summed E-state index contributed by atoms with van der Waals surface area (Å²) in [6.45, 7) is 2.01. The third kappa shape index (κ3) is 2.24. The van der Waals surface area contributed by atoms with Gasteiger partial charge in [-0.05, 0) is 43.4 Å². The second-order valence-corrected chi connectivity index (χ2v) is 4.56. The van der Waals surface area contributed by atoms with Crippen molar-refractivity contribution in [1.82, 2.24) is 0 Å². The average molecular weight is 222 g/mol. The molecule has 1 aromatic rings. The molecule has 0 radical (unpaired) electrons. The summed E-state index contributed by atoms with van der Waals surface area (Å²) >= 11 is 6.09. The number of benzene rings is 1. The van der Waals surface area contributed by atoms with Gasteiger partial charge >= 0.3 is 0 Å². The molecular weight excluding hydrogens is 206 g/mol. The first-order valence-corrected chi connectivity index (χ1v) is 5.77. The van der Waals surface area contributed by atoms with Crippen LogP contribution in [0.15, 0.2) is 29.8 Å². The molecule has 1 aromatic carbocycles. The fourth-order valence-corrected chi connectivity index (χ4v) is 2.18. The quantitative estimate of drug-likeness (QED) is 0.757. The zero-order valence-corrected chi connectivity index (χ0v) is 9.72. The molecule has 1 unspecified atom stereocenters. The summed E-state index contributed by atoms with van der Waals surface area (Å²) in [5.74, 6) is 0. The van der Waals surface area contributed by atoms with Gasteiger partial charge in [0.15, 0.2) is 0 Å². The van der Waals surface area contributed by atoms with Crippen molar-refractivity contribution in [3.63, 3.8) is 0 Å². The summed E-state index contributed by atoms with van der Waals surface area (Å²) in [5.41, 5.74) is 9.78. The lowest BCUT2D eigenvalue weighted by molar-refractivity contribution is 0.784. The lowest BCUT2D eigenvalue weighted by Crippen LogP contribution is -2.12. The zero-order valence-electron chi connectivity index (χ0n) is 8.96. The highest BCUT2D eigenvalue weighted by molar-refractivity contribution is 6.31. The van der Waals surface area contributed by atoms with Crippen molar-refractivity contribution in [3.05, 3.63) is 46.0 Å². The van der Waals surface area contributed by atoms with Crippen LogP contribution in [0, 0.1) is 6.92 Å². The first-order valence-electron chi connectivity index (χ1n) is 5.39. The Balaban J connectivity index is 2.25. The van der Waals surface area contributed by atoms with Crippen LogP contribution in [-0.4, -0.2) is 0 Å². The summed E-state index contributed by atoms with van der Waals surface area (Å²) in [4.78, 5) is 0. The van der Waals surface area contributed by atoms with Gasteiger partial charge < -0.3 is 5.73 Å². The van der Waals surface area contributed by atoms with Gasteiger partial charge in [-0.1, -0.05) is 35.4 Å². The molecule has 1 nitrogen and oxygen atoms in total. The fourth-order valence-electron chi connectivity index (χ4n) is 1.99. The molecule has 0 aliphatic heterocycles. The van der Waals surface area contributed by atoms with Gasteiger partial charge in [-0.3, -0.25) is 0 Å². The number of allylic oxidation sites excluding steroid dienone is 1. The molecule has 1 atom stereocenters. The molecule has 80 valence electrons. The van der Waals surface area contributed by atoms with E-state index in [0.29, 0.717) is 0 Å². The Hall–Kier alpha value is -0.790. The highest BCUT2D eigenvalue weighted by Gasteiger charge is 2.15. The molecule has 0 spiro atoms. The molecule has 15 heavy (non-hydrogen) atoms. The van der Waals surface area contributed by atoms with Gasteiger partial charge in [-0.2, -0.15) is 0 Å². The Morgan fingerprint density at radius 1 is 1.40 bits per heavy atom. The molecule has 0 amide bonds. The summed E-state index contributed by atoms with van der Waals surface area (Å²) in [7, 11) is 0. The second-order valence-electron chi connectivity index (χ2n) is 4.16. The highest BCUT2D eigenvalue weighted by Crippen LogP contribution is 2.30. The van der Waals surface area contributed by atoms with Gasteiger partial charge in [-0.25, -0.2) is 0 Å². The topological polar surface area (TPSA) is 26.0 Å². The van der Waals surface area contributed by atoms with E-state index in [1.807, 2.05) is 19.1 Å². The minimum atomic E-state index is 0.0330. The van der Waals surface area contributed by atoms with Crippen molar-refractivity contribution in [1.29, 1.82) is 0 Å². The maximum atomic E-state index is 6.19. The van der Waals surface area contributed by atoms with E-state index < -0.39 is 0 Å². The van der Waals surface area contributed by atoms with E-state index in [1.54, 1.807) is 0 Å². The summed E-state index contributed by atoms with van der Waals surface area (Å²) < 4.78 is 0. The van der Waals surface area contributed by atoms with E-state index in [1.165, 1.54) is 18.4 Å². The maximum absolute atomic E-state index is 6.19. The van der Waals surface area contributed by atoms with Crippen molar-refractivity contribution in [3.8, 4) is 0 Å². The van der Waals surface area contributed by atoms with Crippen molar-refractivity contribution in [2.75, 3.05) is 0 Å². The molecule has 0 fully saturated rings. The van der Waals surface area contributed by atoms with Crippen LogP contribution in [0.1, 0.15) is 36.4 Å². The largest absolute Gasteiger partial charge is 0.321 e. The minimum absolute atomic E-state index is 0.0330. The Morgan fingerprint density at radius 3 is 2.80 bits per heavy atom. The molecule has 2 N–H and O–H groups in total. The predicted molar refractivity (Wildman–Crippen MR) is 65.1 cm³/mol. The molecule has 2 rings (SSSR count). The molecule has 1 aliphatic carbocycles. The van der Waals surface area contributed by atoms with Gasteiger partial charge in [0.1, 0.15) is 0 Å². The number of hydrogen-bond acceptors (Lipinski definition) is 1. The number of hydrogen-bond donors (Lipinski definition) is 1. The van der Waals surface area contributed by atoms with Crippen LogP contribution < -0.4 is 5.73 Å². The van der Waals surface area contributed by atoms with Crippen molar-refractivity contribution in [2.45, 2.75) is 32.2 Å². The normalized spacial score (nSPS) is 17.7. The Kier molecular flexibility index (Phi) is 3.13. The van der Waals surface area contributed by atoms with Crippen LogP contribution in [-0.2, 0) is 0 Å². The number of halogens is 1. The minimum Gasteiger partial charge on any atom is -0.321 e. The average Bonchev–Trinajstić information content (AvgIpc) is 2.74. The molecule has 1 aliphatic rings. The van der Waals surface area contributed by atoms with Gasteiger partial charge in [0, 0.05) is 5.02 Å². The highest BCUT2D eigenvalue weighted by atomic mass is 35.5. The van der Waals surface area contributed by atoms with E-state index >= 15 is 0 Å². The van der Waals surface area contributed by atoms with Crippen LogP contribution >= 0.6 is 11.6 Å². The smallest absolute Gasteiger partial charge is 0.0511 e. The van der Waals surface area contributed by atoms with Crippen LogP contribution in [0.4, 0.5) is 0 Å². The van der Waals surface area contributed by atoms with Gasteiger partial charge in [0.2, 0.25) is 0 Å². The molecule has 0 heterocycles. The third-order valence-corrected chi connectivity index (χ3v) is 3.44. The van der Waals surface area contributed by atoms with E-state index in [-0.39, 0.29) is 6.04 Å². The zero-order chi connectivity index (χ0) is 10.8. The lowest BCUT2D eigenvalue weighted by Gasteiger charge is -2.14. The molecule has 2 heteroatoms. The van der Waals surface area contributed by atoms with E-state index in [9.17, 15) is 0 Å². The Labute approximate surface area is 95.9 Å². The van der Waals surface area contributed by atoms with Crippen LogP contribution in [0.25, 0.3) is 0 Å². The summed E-state index contributed by atoms with van der Waals surface area (Å²) in [6, 6.07) is 6.13. The van der Waals surface area contributed by atoms with Crippen LogP contribution in [0.2, 0.25) is 5.02 Å².